The summed E-state index contributed by atoms with van der Waals surface area (Å²) in [5.41, 5.74) is 4.46. The fourth-order valence-electron chi connectivity index (χ4n) is 7.08. The summed E-state index contributed by atoms with van der Waals surface area (Å²) in [5, 5.41) is 21.4. The van der Waals surface area contributed by atoms with Crippen LogP contribution in [0.3, 0.4) is 0 Å². The van der Waals surface area contributed by atoms with E-state index in [1.807, 2.05) is 43.0 Å². The number of rotatable bonds is 15. The van der Waals surface area contributed by atoms with Gasteiger partial charge in [-0.3, -0.25) is 19.2 Å². The smallest absolute Gasteiger partial charge is 0.257 e. The predicted molar refractivity (Wildman–Crippen MR) is 225 cm³/mol. The fourth-order valence-corrected chi connectivity index (χ4v) is 8.77. The second-order valence-electron chi connectivity index (χ2n) is 16.0. The lowest BCUT2D eigenvalue weighted by Crippen LogP contribution is -2.57. The number of hydrogen-bond acceptors (Lipinski definition) is 12. The summed E-state index contributed by atoms with van der Waals surface area (Å²) in [4.78, 5) is 66.9. The molecular formula is C42H51F2N7O7S2. The van der Waals surface area contributed by atoms with Gasteiger partial charge in [-0.15, -0.1) is 22.7 Å². The Labute approximate surface area is 355 Å². The van der Waals surface area contributed by atoms with Crippen LogP contribution in [0.1, 0.15) is 64.3 Å². The van der Waals surface area contributed by atoms with E-state index in [1.54, 1.807) is 43.0 Å². The molecule has 0 bridgehead atoms. The van der Waals surface area contributed by atoms with Gasteiger partial charge in [0.2, 0.25) is 23.5 Å². The normalized spacial score (nSPS) is 17.9. The first kappa shape index (κ1) is 44.5. The lowest BCUT2D eigenvalue weighted by molar-refractivity contribution is -0.144. The van der Waals surface area contributed by atoms with E-state index in [2.05, 4.69) is 25.9 Å². The van der Waals surface area contributed by atoms with E-state index in [-0.39, 0.29) is 44.0 Å². The van der Waals surface area contributed by atoms with Crippen LogP contribution in [0.5, 0.6) is 5.75 Å². The second kappa shape index (κ2) is 19.6. The molecule has 6 rings (SSSR count). The Kier molecular flexibility index (Phi) is 14.5. The van der Waals surface area contributed by atoms with Crippen molar-refractivity contribution < 1.29 is 42.5 Å². The van der Waals surface area contributed by atoms with E-state index in [4.69, 9.17) is 9.47 Å². The summed E-state index contributed by atoms with van der Waals surface area (Å²) < 4.78 is 40.1. The molecule has 0 saturated carbocycles. The SMILES string of the molecule is Cc1ncsc1-c1ccc(C(C)NC(=O)[C@@H]2C[C@@H](O)CN2C(=O)C(NC(=O)CCCNC(=O)COc2c(-c3csc(N4CCOCC4)n3)ccc(F)c2F)C(C)(C)C)cc1. The number of ether oxygens (including phenoxy) is 2. The molecule has 2 aliphatic rings. The van der Waals surface area contributed by atoms with Gasteiger partial charge < -0.3 is 40.3 Å². The van der Waals surface area contributed by atoms with Gasteiger partial charge in [-0.2, -0.15) is 4.39 Å². The second-order valence-corrected chi connectivity index (χ2v) is 17.7. The van der Waals surface area contributed by atoms with Crippen LogP contribution in [0, 0.1) is 24.0 Å². The highest BCUT2D eigenvalue weighted by atomic mass is 32.1. The van der Waals surface area contributed by atoms with Gasteiger partial charge in [0.25, 0.3) is 5.91 Å². The van der Waals surface area contributed by atoms with Crippen molar-refractivity contribution in [1.29, 1.82) is 0 Å². The minimum Gasteiger partial charge on any atom is -0.480 e. The van der Waals surface area contributed by atoms with Gasteiger partial charge in [0, 0.05) is 50.0 Å². The summed E-state index contributed by atoms with van der Waals surface area (Å²) in [6.07, 6.45) is -0.725. The number of benzene rings is 2. The van der Waals surface area contributed by atoms with Crippen LogP contribution in [0.15, 0.2) is 47.3 Å². The van der Waals surface area contributed by atoms with Crippen molar-refractivity contribution in [2.45, 2.75) is 78.1 Å². The number of aromatic nitrogens is 2. The Balaban J connectivity index is 0.988. The number of morpholine rings is 1. The lowest BCUT2D eigenvalue weighted by Gasteiger charge is -2.35. The van der Waals surface area contributed by atoms with Gasteiger partial charge in [0.1, 0.15) is 12.1 Å². The van der Waals surface area contributed by atoms with Gasteiger partial charge in [0.15, 0.2) is 23.3 Å². The number of carbonyl (C=O) groups is 4. The third-order valence-corrected chi connectivity index (χ3v) is 12.3. The minimum absolute atomic E-state index is 0.0512. The molecule has 0 radical (unpaired) electrons. The molecule has 4 atom stereocenters. The van der Waals surface area contributed by atoms with Crippen molar-refractivity contribution in [3.05, 3.63) is 70.2 Å². The first-order valence-corrected chi connectivity index (χ1v) is 21.6. The van der Waals surface area contributed by atoms with Crippen LogP contribution >= 0.6 is 22.7 Å². The maximum atomic E-state index is 15.0. The lowest BCUT2D eigenvalue weighted by atomic mass is 9.85. The number of anilines is 1. The molecule has 0 spiro atoms. The first-order chi connectivity index (χ1) is 28.6. The van der Waals surface area contributed by atoms with Gasteiger partial charge >= 0.3 is 0 Å². The number of hydrogen-bond donors (Lipinski definition) is 4. The van der Waals surface area contributed by atoms with Crippen molar-refractivity contribution >= 4 is 51.4 Å². The Bertz CT molecular complexity index is 2150. The average Bonchev–Trinajstić information content (AvgIpc) is 3.99. The number of nitrogens with zero attached hydrogens (tertiary/aromatic N) is 4. The molecule has 4 N–H and O–H groups in total. The highest BCUT2D eigenvalue weighted by Crippen LogP contribution is 2.37. The highest BCUT2D eigenvalue weighted by molar-refractivity contribution is 7.14. The van der Waals surface area contributed by atoms with E-state index in [9.17, 15) is 33.1 Å². The van der Waals surface area contributed by atoms with Gasteiger partial charge in [-0.05, 0) is 48.9 Å². The molecule has 2 aliphatic heterocycles. The topological polar surface area (TPSA) is 175 Å². The van der Waals surface area contributed by atoms with Crippen molar-refractivity contribution in [2.75, 3.05) is 50.9 Å². The van der Waals surface area contributed by atoms with Crippen LogP contribution in [0.2, 0.25) is 0 Å². The van der Waals surface area contributed by atoms with Crippen LogP contribution in [-0.4, -0.2) is 108 Å². The number of likely N-dealkylation sites (tertiary alicyclic amines) is 1. The third-order valence-electron chi connectivity index (χ3n) is 10.4. The number of amides is 4. The van der Waals surface area contributed by atoms with Crippen molar-refractivity contribution in [1.82, 2.24) is 30.8 Å². The minimum atomic E-state index is -1.24. The number of nitrogens with one attached hydrogen (secondary N) is 3. The van der Waals surface area contributed by atoms with Gasteiger partial charge in [0.05, 0.1) is 47.1 Å². The molecular weight excluding hydrogens is 817 g/mol. The van der Waals surface area contributed by atoms with E-state index < -0.39 is 71.2 Å². The maximum absolute atomic E-state index is 15.0. The molecule has 18 heteroatoms. The summed E-state index contributed by atoms with van der Waals surface area (Å²) in [6, 6.07) is 7.81. The molecule has 2 aromatic heterocycles. The van der Waals surface area contributed by atoms with Crippen molar-refractivity contribution in [3.63, 3.8) is 0 Å². The van der Waals surface area contributed by atoms with Crippen LogP contribution in [0.4, 0.5) is 13.9 Å². The van der Waals surface area contributed by atoms with Crippen molar-refractivity contribution in [2.24, 2.45) is 5.41 Å². The number of aryl methyl sites for hydroxylation is 1. The molecule has 60 heavy (non-hydrogen) atoms. The van der Waals surface area contributed by atoms with Crippen LogP contribution in [0.25, 0.3) is 21.7 Å². The zero-order chi connectivity index (χ0) is 43.1. The van der Waals surface area contributed by atoms with E-state index in [0.29, 0.717) is 37.1 Å². The highest BCUT2D eigenvalue weighted by Gasteiger charge is 2.44. The first-order valence-electron chi connectivity index (χ1n) is 19.9. The molecule has 4 amide bonds. The standard InChI is InChI=1S/C42H51F2N7O7S2/c1-24(26-8-10-27(11-9-26)37-25(2)46-23-60-37)47-39(55)32-19-28(52)20-51(32)40(56)38(42(3,4)5)49-33(53)7-6-14-45-34(54)21-58-36-29(12-13-30(43)35(36)44)31-22-59-41(48-31)50-15-17-57-18-16-50/h8-13,22-24,28,32,38,52H,6-7,14-21H2,1-5H3,(H,45,54)(H,47,55)(H,49,53)/t24?,28-,32+,38?/m1/s1. The van der Waals surface area contributed by atoms with E-state index in [0.717, 1.165) is 27.8 Å². The van der Waals surface area contributed by atoms with Gasteiger partial charge in [-0.1, -0.05) is 45.0 Å². The third kappa shape index (κ3) is 10.8. The molecule has 2 fully saturated rings. The summed E-state index contributed by atoms with van der Waals surface area (Å²) in [5.74, 6) is -4.78. The molecule has 4 aromatic rings. The Morgan fingerprint density at radius 3 is 2.45 bits per heavy atom. The predicted octanol–water partition coefficient (Wildman–Crippen LogP) is 5.00. The summed E-state index contributed by atoms with van der Waals surface area (Å²) >= 11 is 2.91. The molecule has 0 aliphatic carbocycles. The molecule has 2 saturated heterocycles. The van der Waals surface area contributed by atoms with Gasteiger partial charge in [-0.25, -0.2) is 14.4 Å². The molecule has 14 nitrogen and oxygen atoms in total. The van der Waals surface area contributed by atoms with E-state index in [1.165, 1.54) is 22.3 Å². The Hall–Kier alpha value is -5.04. The fraction of sp³-hybridized carbons (Fsp3) is 0.476. The maximum Gasteiger partial charge on any atom is 0.257 e. The number of carbonyl (C=O) groups excluding carboxylic acids is 4. The van der Waals surface area contributed by atoms with Crippen LogP contribution < -0.4 is 25.6 Å². The zero-order valence-electron chi connectivity index (χ0n) is 34.3. The molecule has 2 unspecified atom stereocenters. The molecule has 2 aromatic carbocycles. The van der Waals surface area contributed by atoms with Crippen molar-refractivity contribution in [3.8, 4) is 27.4 Å². The number of β-amino-alcohol motifs (C(OH)–C–C–N with tert-alkyl or cyclic N) is 1. The largest absolute Gasteiger partial charge is 0.480 e. The van der Waals surface area contributed by atoms with E-state index >= 15 is 0 Å². The Morgan fingerprint density at radius 1 is 1.03 bits per heavy atom. The molecule has 322 valence electrons. The summed E-state index contributed by atoms with van der Waals surface area (Å²) in [6.45, 7) is 11.0. The summed E-state index contributed by atoms with van der Waals surface area (Å²) in [7, 11) is 0. The zero-order valence-corrected chi connectivity index (χ0v) is 35.9. The number of thiazole rings is 2. The quantitative estimate of drug-likeness (QED) is 0.119. The Morgan fingerprint density at radius 2 is 1.77 bits per heavy atom. The monoisotopic (exact) mass is 867 g/mol. The van der Waals surface area contributed by atoms with Crippen LogP contribution in [-0.2, 0) is 23.9 Å². The number of halogens is 2. The average molecular weight is 868 g/mol. The molecule has 4 heterocycles. The number of aliphatic hydroxyl groups is 1. The number of aliphatic hydroxyl groups excluding tert-OH is 1.